The van der Waals surface area contributed by atoms with Gasteiger partial charge in [0.25, 0.3) is 5.91 Å². The summed E-state index contributed by atoms with van der Waals surface area (Å²) < 4.78 is 14.6. The molecule has 2 aromatic carbocycles. The molecule has 1 aliphatic heterocycles. The maximum absolute atomic E-state index is 14.6. The summed E-state index contributed by atoms with van der Waals surface area (Å²) >= 11 is 0. The fraction of sp³-hybridized carbons (Fsp3) is 0.409. The molecule has 1 saturated carbocycles. The molecule has 2 aliphatic rings. The van der Waals surface area contributed by atoms with E-state index >= 15 is 0 Å². The molecule has 3 nitrogen and oxygen atoms in total. The molecule has 26 heavy (non-hydrogen) atoms. The second-order valence-corrected chi connectivity index (χ2v) is 7.38. The molecule has 0 aromatic heterocycles. The Morgan fingerprint density at radius 3 is 2.50 bits per heavy atom. The molecule has 0 atom stereocenters. The van der Waals surface area contributed by atoms with E-state index in [0.29, 0.717) is 11.1 Å². The first-order valence-corrected chi connectivity index (χ1v) is 9.53. The van der Waals surface area contributed by atoms with Gasteiger partial charge in [0.1, 0.15) is 5.82 Å². The Hall–Kier alpha value is -2.20. The van der Waals surface area contributed by atoms with Crippen molar-refractivity contribution in [3.05, 3.63) is 58.9 Å². The van der Waals surface area contributed by atoms with E-state index in [2.05, 4.69) is 22.3 Å². The van der Waals surface area contributed by atoms with Crippen molar-refractivity contribution in [2.75, 3.05) is 20.1 Å². The van der Waals surface area contributed by atoms with Crippen LogP contribution in [0.25, 0.3) is 11.1 Å². The van der Waals surface area contributed by atoms with Crippen molar-refractivity contribution < 1.29 is 9.18 Å². The number of nitrogens with one attached hydrogen (secondary N) is 1. The van der Waals surface area contributed by atoms with Gasteiger partial charge in [0, 0.05) is 37.3 Å². The highest BCUT2D eigenvalue weighted by Gasteiger charge is 2.26. The molecule has 0 saturated heterocycles. The number of carbonyl (C=O) groups is 1. The van der Waals surface area contributed by atoms with E-state index < -0.39 is 0 Å². The second-order valence-electron chi connectivity index (χ2n) is 7.38. The van der Waals surface area contributed by atoms with E-state index in [-0.39, 0.29) is 11.7 Å². The molecule has 1 aliphatic carbocycles. The number of nitrogens with zero attached hydrogens (tertiary/aromatic N) is 1. The predicted molar refractivity (Wildman–Crippen MR) is 102 cm³/mol. The summed E-state index contributed by atoms with van der Waals surface area (Å²) in [4.78, 5) is 14.3. The van der Waals surface area contributed by atoms with Gasteiger partial charge >= 0.3 is 0 Å². The van der Waals surface area contributed by atoms with Gasteiger partial charge < -0.3 is 5.32 Å². The Balaban J connectivity index is 1.58. The number of rotatable bonds is 3. The van der Waals surface area contributed by atoms with Gasteiger partial charge in [-0.1, -0.05) is 30.7 Å². The third-order valence-electron chi connectivity index (χ3n) is 5.90. The zero-order chi connectivity index (χ0) is 18.1. The summed E-state index contributed by atoms with van der Waals surface area (Å²) in [6.07, 6.45) is 6.14. The quantitative estimate of drug-likeness (QED) is 0.911. The number of hydrogen-bond donors (Lipinski definition) is 1. The molecule has 136 valence electrons. The fourth-order valence-corrected chi connectivity index (χ4v) is 4.06. The number of fused-ring (bicyclic) bond motifs is 1. The maximum atomic E-state index is 14.6. The Morgan fingerprint density at radius 2 is 1.85 bits per heavy atom. The highest BCUT2D eigenvalue weighted by molar-refractivity contribution is 5.94. The molecule has 0 radical (unpaired) electrons. The van der Waals surface area contributed by atoms with Crippen LogP contribution < -0.4 is 5.32 Å². The van der Waals surface area contributed by atoms with Crippen molar-refractivity contribution in [2.24, 2.45) is 0 Å². The van der Waals surface area contributed by atoms with E-state index in [0.717, 1.165) is 37.5 Å². The van der Waals surface area contributed by atoms with Gasteiger partial charge in [-0.3, -0.25) is 9.69 Å². The summed E-state index contributed by atoms with van der Waals surface area (Å²) in [6, 6.07) is 11.8. The molecule has 0 bridgehead atoms. The second kappa shape index (κ2) is 7.20. The predicted octanol–water partition coefficient (Wildman–Crippen LogP) is 3.81. The standard InChI is InChI=1S/C22H25FN2O/c1-24-22(26)18-7-8-20(21(23)14-18)17-6-5-15-9-11-25(19-3-2-4-19)12-10-16(15)13-17/h5-8,13-14,19H,2-4,9-12H2,1H3,(H,24,26). The van der Waals surface area contributed by atoms with Crippen molar-refractivity contribution in [3.8, 4) is 11.1 Å². The molecule has 0 spiro atoms. The van der Waals surface area contributed by atoms with Crippen LogP contribution in [-0.2, 0) is 12.8 Å². The lowest BCUT2D eigenvalue weighted by Gasteiger charge is -2.36. The summed E-state index contributed by atoms with van der Waals surface area (Å²) in [5.74, 6) is -0.621. The Morgan fingerprint density at radius 1 is 1.08 bits per heavy atom. The molecule has 4 rings (SSSR count). The lowest BCUT2D eigenvalue weighted by atomic mass is 9.91. The molecular formula is C22H25FN2O. The largest absolute Gasteiger partial charge is 0.355 e. The molecule has 1 fully saturated rings. The van der Waals surface area contributed by atoms with Crippen LogP contribution in [0.1, 0.15) is 40.7 Å². The smallest absolute Gasteiger partial charge is 0.251 e. The van der Waals surface area contributed by atoms with Gasteiger partial charge in [-0.25, -0.2) is 4.39 Å². The topological polar surface area (TPSA) is 32.3 Å². The first-order chi connectivity index (χ1) is 12.7. The van der Waals surface area contributed by atoms with Crippen LogP contribution in [0.4, 0.5) is 4.39 Å². The fourth-order valence-electron chi connectivity index (χ4n) is 4.06. The first kappa shape index (κ1) is 17.2. The van der Waals surface area contributed by atoms with Crippen LogP contribution in [0.2, 0.25) is 0 Å². The van der Waals surface area contributed by atoms with Crippen molar-refractivity contribution in [3.63, 3.8) is 0 Å². The van der Waals surface area contributed by atoms with Crippen LogP contribution in [0, 0.1) is 5.82 Å². The molecule has 1 heterocycles. The summed E-state index contributed by atoms with van der Waals surface area (Å²) in [7, 11) is 1.55. The van der Waals surface area contributed by atoms with Crippen LogP contribution in [0.15, 0.2) is 36.4 Å². The lowest BCUT2D eigenvalue weighted by molar-refractivity contribution is 0.0962. The zero-order valence-corrected chi connectivity index (χ0v) is 15.2. The van der Waals surface area contributed by atoms with Gasteiger partial charge in [0.05, 0.1) is 0 Å². The Bertz CT molecular complexity index is 829. The van der Waals surface area contributed by atoms with Gasteiger partial charge in [-0.2, -0.15) is 0 Å². The van der Waals surface area contributed by atoms with Crippen LogP contribution in [-0.4, -0.2) is 37.0 Å². The van der Waals surface area contributed by atoms with Crippen molar-refractivity contribution in [1.82, 2.24) is 10.2 Å². The minimum atomic E-state index is -0.351. The van der Waals surface area contributed by atoms with E-state index in [9.17, 15) is 9.18 Å². The Kier molecular flexibility index (Phi) is 4.77. The molecule has 1 N–H and O–H groups in total. The Labute approximate surface area is 154 Å². The SMILES string of the molecule is CNC(=O)c1ccc(-c2ccc3c(c2)CCN(C2CCC2)CC3)c(F)c1. The highest BCUT2D eigenvalue weighted by atomic mass is 19.1. The molecule has 2 aromatic rings. The van der Waals surface area contributed by atoms with Gasteiger partial charge in [0.2, 0.25) is 0 Å². The number of carbonyl (C=O) groups excluding carboxylic acids is 1. The van der Waals surface area contributed by atoms with Crippen LogP contribution >= 0.6 is 0 Å². The van der Waals surface area contributed by atoms with Crippen molar-refractivity contribution in [1.29, 1.82) is 0 Å². The average molecular weight is 352 g/mol. The lowest BCUT2D eigenvalue weighted by Crippen LogP contribution is -2.41. The minimum Gasteiger partial charge on any atom is -0.355 e. The zero-order valence-electron chi connectivity index (χ0n) is 15.2. The van der Waals surface area contributed by atoms with E-state index in [1.165, 1.54) is 36.5 Å². The molecular weight excluding hydrogens is 327 g/mol. The highest BCUT2D eigenvalue weighted by Crippen LogP contribution is 2.30. The number of benzene rings is 2. The third kappa shape index (κ3) is 3.26. The normalized spacial score (nSPS) is 17.9. The van der Waals surface area contributed by atoms with Gasteiger partial charge in [0.15, 0.2) is 0 Å². The van der Waals surface area contributed by atoms with Crippen molar-refractivity contribution >= 4 is 5.91 Å². The van der Waals surface area contributed by atoms with Crippen LogP contribution in [0.5, 0.6) is 0 Å². The number of halogens is 1. The molecule has 0 unspecified atom stereocenters. The van der Waals surface area contributed by atoms with E-state index in [1.807, 2.05) is 6.07 Å². The number of hydrogen-bond acceptors (Lipinski definition) is 2. The summed E-state index contributed by atoms with van der Waals surface area (Å²) in [5.41, 5.74) is 4.51. The monoisotopic (exact) mass is 352 g/mol. The first-order valence-electron chi connectivity index (χ1n) is 9.53. The van der Waals surface area contributed by atoms with Gasteiger partial charge in [-0.15, -0.1) is 0 Å². The minimum absolute atomic E-state index is 0.270. The molecule has 4 heteroatoms. The van der Waals surface area contributed by atoms with Crippen molar-refractivity contribution in [2.45, 2.75) is 38.1 Å². The van der Waals surface area contributed by atoms with E-state index in [4.69, 9.17) is 0 Å². The number of amides is 1. The molecule has 1 amide bonds. The average Bonchev–Trinajstić information content (AvgIpc) is 2.82. The third-order valence-corrected chi connectivity index (χ3v) is 5.90. The van der Waals surface area contributed by atoms with Gasteiger partial charge in [-0.05, 0) is 54.5 Å². The van der Waals surface area contributed by atoms with Crippen LogP contribution in [0.3, 0.4) is 0 Å². The summed E-state index contributed by atoms with van der Waals surface area (Å²) in [6.45, 7) is 2.23. The summed E-state index contributed by atoms with van der Waals surface area (Å²) in [5, 5.41) is 2.53. The van der Waals surface area contributed by atoms with E-state index in [1.54, 1.807) is 19.2 Å². The maximum Gasteiger partial charge on any atom is 0.251 e.